The van der Waals surface area contributed by atoms with Gasteiger partial charge in [0.25, 0.3) is 0 Å². The van der Waals surface area contributed by atoms with E-state index in [9.17, 15) is 13.6 Å². The number of rotatable bonds is 2. The van der Waals surface area contributed by atoms with Crippen molar-refractivity contribution in [3.05, 3.63) is 35.4 Å². The summed E-state index contributed by atoms with van der Waals surface area (Å²) in [5.41, 5.74) is 5.65. The molecule has 0 spiro atoms. The van der Waals surface area contributed by atoms with Gasteiger partial charge in [-0.15, -0.1) is 0 Å². The molecule has 0 aliphatic carbocycles. The van der Waals surface area contributed by atoms with Gasteiger partial charge in [0.05, 0.1) is 6.42 Å². The summed E-state index contributed by atoms with van der Waals surface area (Å²) >= 11 is 0. The van der Waals surface area contributed by atoms with E-state index in [2.05, 4.69) is 0 Å². The summed E-state index contributed by atoms with van der Waals surface area (Å²) in [6.07, 6.45) is -0.0534. The standard InChI is InChI=1S/C12H14F2N2O/c1-12(15)6-16(7-12)11(17)4-8-2-3-9(13)5-10(8)14/h2-3,5H,4,6-7,15H2,1H3. The summed E-state index contributed by atoms with van der Waals surface area (Å²) < 4.78 is 26.0. The lowest BCUT2D eigenvalue weighted by Gasteiger charge is -2.45. The molecule has 1 aromatic rings. The van der Waals surface area contributed by atoms with Crippen LogP contribution in [0.3, 0.4) is 0 Å². The Morgan fingerprint density at radius 3 is 2.65 bits per heavy atom. The van der Waals surface area contributed by atoms with Gasteiger partial charge in [0.15, 0.2) is 0 Å². The topological polar surface area (TPSA) is 46.3 Å². The van der Waals surface area contributed by atoms with Gasteiger partial charge in [-0.2, -0.15) is 0 Å². The number of benzene rings is 1. The van der Waals surface area contributed by atoms with Gasteiger partial charge < -0.3 is 10.6 Å². The highest BCUT2D eigenvalue weighted by Gasteiger charge is 2.37. The Morgan fingerprint density at radius 2 is 2.12 bits per heavy atom. The minimum absolute atomic E-state index is 0.0534. The quantitative estimate of drug-likeness (QED) is 0.840. The molecule has 1 aromatic carbocycles. The maximum Gasteiger partial charge on any atom is 0.227 e. The molecule has 2 rings (SSSR count). The Bertz CT molecular complexity index is 452. The Morgan fingerprint density at radius 1 is 1.47 bits per heavy atom. The molecule has 1 aliphatic heterocycles. The molecule has 0 radical (unpaired) electrons. The highest BCUT2D eigenvalue weighted by molar-refractivity contribution is 5.80. The Hall–Kier alpha value is -1.49. The van der Waals surface area contributed by atoms with Crippen molar-refractivity contribution in [1.82, 2.24) is 4.90 Å². The van der Waals surface area contributed by atoms with Gasteiger partial charge in [0.2, 0.25) is 5.91 Å². The molecule has 0 atom stereocenters. The predicted octanol–water partition coefficient (Wildman–Crippen LogP) is 1.07. The number of carbonyl (C=O) groups excluding carboxylic acids is 1. The maximum atomic E-state index is 13.3. The molecule has 1 saturated heterocycles. The fourth-order valence-electron chi connectivity index (χ4n) is 1.94. The molecule has 17 heavy (non-hydrogen) atoms. The third-order valence-electron chi connectivity index (χ3n) is 2.81. The van der Waals surface area contributed by atoms with Crippen molar-refractivity contribution in [3.63, 3.8) is 0 Å². The number of likely N-dealkylation sites (tertiary alicyclic amines) is 1. The molecular formula is C12H14F2N2O. The number of hydrogen-bond donors (Lipinski definition) is 1. The van der Waals surface area contributed by atoms with Crippen LogP contribution in [0.4, 0.5) is 8.78 Å². The Balaban J connectivity index is 2.00. The molecule has 92 valence electrons. The van der Waals surface area contributed by atoms with Gasteiger partial charge in [0.1, 0.15) is 11.6 Å². The Labute approximate surface area is 98.2 Å². The van der Waals surface area contributed by atoms with Gasteiger partial charge in [-0.3, -0.25) is 4.79 Å². The predicted molar refractivity (Wildman–Crippen MR) is 59.2 cm³/mol. The van der Waals surface area contributed by atoms with E-state index in [4.69, 9.17) is 5.73 Å². The first kappa shape index (κ1) is 12.0. The summed E-state index contributed by atoms with van der Waals surface area (Å²) in [7, 11) is 0. The first-order valence-corrected chi connectivity index (χ1v) is 5.38. The van der Waals surface area contributed by atoms with Crippen molar-refractivity contribution in [3.8, 4) is 0 Å². The lowest BCUT2D eigenvalue weighted by molar-refractivity contribution is -0.137. The van der Waals surface area contributed by atoms with Crippen LogP contribution in [0, 0.1) is 11.6 Å². The summed E-state index contributed by atoms with van der Waals surface area (Å²) in [6.45, 7) is 2.82. The van der Waals surface area contributed by atoms with Crippen LogP contribution >= 0.6 is 0 Å². The number of nitrogens with two attached hydrogens (primary N) is 1. The van der Waals surface area contributed by atoms with Crippen molar-refractivity contribution in [2.24, 2.45) is 5.73 Å². The summed E-state index contributed by atoms with van der Waals surface area (Å²) in [6, 6.07) is 3.23. The van der Waals surface area contributed by atoms with Crippen LogP contribution in [0.15, 0.2) is 18.2 Å². The average Bonchev–Trinajstić information content (AvgIpc) is 2.18. The fourth-order valence-corrected chi connectivity index (χ4v) is 1.94. The average molecular weight is 240 g/mol. The van der Waals surface area contributed by atoms with Crippen molar-refractivity contribution < 1.29 is 13.6 Å². The van der Waals surface area contributed by atoms with Crippen LogP contribution in [0.5, 0.6) is 0 Å². The number of nitrogens with zero attached hydrogens (tertiary/aromatic N) is 1. The van der Waals surface area contributed by atoms with E-state index >= 15 is 0 Å². The highest BCUT2D eigenvalue weighted by Crippen LogP contribution is 2.19. The second-order valence-corrected chi connectivity index (χ2v) is 4.82. The van der Waals surface area contributed by atoms with Gasteiger partial charge in [-0.05, 0) is 18.6 Å². The van der Waals surface area contributed by atoms with Crippen LogP contribution in [0.2, 0.25) is 0 Å². The number of amides is 1. The van der Waals surface area contributed by atoms with Crippen molar-refractivity contribution >= 4 is 5.91 Å². The smallest absolute Gasteiger partial charge is 0.227 e. The zero-order valence-corrected chi connectivity index (χ0v) is 9.54. The molecule has 5 heteroatoms. The SMILES string of the molecule is CC1(N)CN(C(=O)Cc2ccc(F)cc2F)C1. The molecule has 0 bridgehead atoms. The lowest BCUT2D eigenvalue weighted by Crippen LogP contribution is -2.67. The molecule has 0 unspecified atom stereocenters. The normalized spacial score (nSPS) is 17.8. The maximum absolute atomic E-state index is 13.3. The molecule has 1 heterocycles. The van der Waals surface area contributed by atoms with E-state index < -0.39 is 11.6 Å². The van der Waals surface area contributed by atoms with Gasteiger partial charge in [0, 0.05) is 24.7 Å². The van der Waals surface area contributed by atoms with Crippen molar-refractivity contribution in [2.45, 2.75) is 18.9 Å². The minimum Gasteiger partial charge on any atom is -0.339 e. The molecular weight excluding hydrogens is 226 g/mol. The molecule has 2 N–H and O–H groups in total. The molecule has 0 saturated carbocycles. The van der Waals surface area contributed by atoms with Gasteiger partial charge >= 0.3 is 0 Å². The van der Waals surface area contributed by atoms with Gasteiger partial charge in [-0.1, -0.05) is 6.07 Å². The van der Waals surface area contributed by atoms with E-state index in [-0.39, 0.29) is 23.4 Å². The van der Waals surface area contributed by atoms with Crippen LogP contribution in [0.25, 0.3) is 0 Å². The van der Waals surface area contributed by atoms with E-state index in [0.717, 1.165) is 12.1 Å². The van der Waals surface area contributed by atoms with E-state index in [1.54, 1.807) is 4.90 Å². The molecule has 1 fully saturated rings. The van der Waals surface area contributed by atoms with Crippen LogP contribution in [0.1, 0.15) is 12.5 Å². The second-order valence-electron chi connectivity index (χ2n) is 4.82. The van der Waals surface area contributed by atoms with E-state index in [1.807, 2.05) is 6.92 Å². The molecule has 1 amide bonds. The van der Waals surface area contributed by atoms with Crippen LogP contribution < -0.4 is 5.73 Å². The first-order chi connectivity index (χ1) is 7.87. The monoisotopic (exact) mass is 240 g/mol. The van der Waals surface area contributed by atoms with Crippen LogP contribution in [-0.2, 0) is 11.2 Å². The molecule has 0 aromatic heterocycles. The second kappa shape index (κ2) is 4.07. The highest BCUT2D eigenvalue weighted by atomic mass is 19.1. The van der Waals surface area contributed by atoms with Gasteiger partial charge in [-0.25, -0.2) is 8.78 Å². The third kappa shape index (κ3) is 2.61. The zero-order valence-electron chi connectivity index (χ0n) is 9.54. The van der Waals surface area contributed by atoms with Crippen molar-refractivity contribution in [2.75, 3.05) is 13.1 Å². The summed E-state index contributed by atoms with van der Waals surface area (Å²) in [5, 5.41) is 0. The minimum atomic E-state index is -0.686. The van der Waals surface area contributed by atoms with E-state index in [0.29, 0.717) is 13.1 Å². The largest absolute Gasteiger partial charge is 0.339 e. The Kier molecular flexibility index (Phi) is 2.87. The lowest BCUT2D eigenvalue weighted by atomic mass is 9.93. The van der Waals surface area contributed by atoms with Crippen molar-refractivity contribution in [1.29, 1.82) is 0 Å². The zero-order chi connectivity index (χ0) is 12.6. The third-order valence-corrected chi connectivity index (χ3v) is 2.81. The number of hydrogen-bond acceptors (Lipinski definition) is 2. The molecule has 1 aliphatic rings. The summed E-state index contributed by atoms with van der Waals surface area (Å²) in [4.78, 5) is 13.3. The number of carbonyl (C=O) groups is 1. The summed E-state index contributed by atoms with van der Waals surface area (Å²) in [5.74, 6) is -1.51. The fraction of sp³-hybridized carbons (Fsp3) is 0.417. The molecule has 3 nitrogen and oxygen atoms in total. The van der Waals surface area contributed by atoms with E-state index in [1.165, 1.54) is 6.07 Å². The number of halogens is 2. The first-order valence-electron chi connectivity index (χ1n) is 5.38. The van der Waals surface area contributed by atoms with Crippen LogP contribution in [-0.4, -0.2) is 29.4 Å².